The zero-order chi connectivity index (χ0) is 27.1. The zero-order valence-electron chi connectivity index (χ0n) is 23.1. The van der Waals surface area contributed by atoms with E-state index in [1.54, 1.807) is 0 Å². The van der Waals surface area contributed by atoms with E-state index in [-0.39, 0.29) is 11.9 Å². The largest absolute Gasteiger partial charge is 0.493 e. The maximum atomic E-state index is 13.2. The average molecular weight is 541 g/mol. The Morgan fingerprint density at radius 2 is 1.77 bits per heavy atom. The first-order chi connectivity index (χ1) is 19.6. The van der Waals surface area contributed by atoms with E-state index in [0.29, 0.717) is 19.0 Å². The molecule has 0 aromatic heterocycles. The van der Waals surface area contributed by atoms with E-state index in [1.165, 1.54) is 5.56 Å². The van der Waals surface area contributed by atoms with Gasteiger partial charge in [0, 0.05) is 52.0 Å². The van der Waals surface area contributed by atoms with Gasteiger partial charge in [-0.2, -0.15) is 0 Å². The number of hydrogen-bond donors (Lipinski definition) is 0. The van der Waals surface area contributed by atoms with Gasteiger partial charge in [0.1, 0.15) is 5.75 Å². The SMILES string of the molecule is Cc1cc2cc3c(cc2cc1OCCCN1CCN(Cc2ccc4c(c2)OCO4)CC1)N=C[C@@H]1CCCN1C3=O. The second-order valence-electron chi connectivity index (χ2n) is 11.3. The topological polar surface area (TPSA) is 66.8 Å². The summed E-state index contributed by atoms with van der Waals surface area (Å²) in [5.41, 5.74) is 3.83. The molecule has 0 spiro atoms. The fourth-order valence-electron chi connectivity index (χ4n) is 6.32. The number of benzene rings is 3. The first-order valence-electron chi connectivity index (χ1n) is 14.5. The molecule has 4 aliphatic rings. The van der Waals surface area contributed by atoms with Crippen molar-refractivity contribution in [3.05, 3.63) is 59.2 Å². The van der Waals surface area contributed by atoms with Crippen molar-refractivity contribution in [2.24, 2.45) is 4.99 Å². The van der Waals surface area contributed by atoms with Crippen molar-refractivity contribution in [3.8, 4) is 17.2 Å². The highest BCUT2D eigenvalue weighted by atomic mass is 16.7. The van der Waals surface area contributed by atoms with Gasteiger partial charge in [-0.15, -0.1) is 0 Å². The van der Waals surface area contributed by atoms with Gasteiger partial charge in [0.15, 0.2) is 11.5 Å². The molecule has 0 N–H and O–H groups in total. The minimum atomic E-state index is 0.101. The third-order valence-corrected chi connectivity index (χ3v) is 8.61. The molecule has 0 unspecified atom stereocenters. The fraction of sp³-hybridized carbons (Fsp3) is 0.438. The van der Waals surface area contributed by atoms with Gasteiger partial charge in [-0.3, -0.25) is 14.7 Å². The molecule has 0 saturated carbocycles. The van der Waals surface area contributed by atoms with Crippen LogP contribution in [0.4, 0.5) is 5.69 Å². The number of aryl methyl sites for hydroxylation is 1. The zero-order valence-corrected chi connectivity index (χ0v) is 23.1. The number of fused-ring (bicyclic) bond motifs is 4. The number of carbonyl (C=O) groups is 1. The molecule has 3 aromatic rings. The maximum Gasteiger partial charge on any atom is 0.256 e. The monoisotopic (exact) mass is 540 g/mol. The van der Waals surface area contributed by atoms with Crippen molar-refractivity contribution >= 4 is 28.6 Å². The predicted molar refractivity (Wildman–Crippen MR) is 155 cm³/mol. The second kappa shape index (κ2) is 10.7. The molecule has 0 aliphatic carbocycles. The number of hydrogen-bond acceptors (Lipinski definition) is 7. The average Bonchev–Trinajstić information content (AvgIpc) is 3.61. The highest BCUT2D eigenvalue weighted by molar-refractivity contribution is 6.06. The van der Waals surface area contributed by atoms with Crippen LogP contribution in [0.1, 0.15) is 40.7 Å². The van der Waals surface area contributed by atoms with Gasteiger partial charge < -0.3 is 24.0 Å². The normalized spacial score (nSPS) is 20.6. The van der Waals surface area contributed by atoms with Crippen molar-refractivity contribution < 1.29 is 19.0 Å². The Morgan fingerprint density at radius 3 is 2.67 bits per heavy atom. The van der Waals surface area contributed by atoms with Crippen LogP contribution in [0.15, 0.2) is 47.5 Å². The molecule has 0 bridgehead atoms. The third-order valence-electron chi connectivity index (χ3n) is 8.61. The van der Waals surface area contributed by atoms with E-state index in [2.05, 4.69) is 41.0 Å². The molecule has 4 heterocycles. The van der Waals surface area contributed by atoms with E-state index >= 15 is 0 Å². The lowest BCUT2D eigenvalue weighted by molar-refractivity contribution is 0.0775. The summed E-state index contributed by atoms with van der Waals surface area (Å²) >= 11 is 0. The lowest BCUT2D eigenvalue weighted by Crippen LogP contribution is -2.46. The first kappa shape index (κ1) is 25.4. The highest BCUT2D eigenvalue weighted by Crippen LogP contribution is 2.35. The van der Waals surface area contributed by atoms with Crippen molar-refractivity contribution in [2.45, 2.75) is 38.8 Å². The molecular weight excluding hydrogens is 504 g/mol. The Hall–Kier alpha value is -3.62. The number of carbonyl (C=O) groups excluding carboxylic acids is 1. The first-order valence-corrected chi connectivity index (χ1v) is 14.5. The molecule has 8 nitrogen and oxygen atoms in total. The van der Waals surface area contributed by atoms with Gasteiger partial charge in [0.2, 0.25) is 6.79 Å². The van der Waals surface area contributed by atoms with Crippen molar-refractivity contribution in [2.75, 3.05) is 52.7 Å². The number of piperazine rings is 1. The summed E-state index contributed by atoms with van der Waals surface area (Å²) in [6, 6.07) is 14.7. The number of aliphatic imine (C=N–C) groups is 1. The van der Waals surface area contributed by atoms with Crippen molar-refractivity contribution in [1.82, 2.24) is 14.7 Å². The van der Waals surface area contributed by atoms with E-state index in [4.69, 9.17) is 19.2 Å². The smallest absolute Gasteiger partial charge is 0.256 e. The van der Waals surface area contributed by atoms with Crippen molar-refractivity contribution in [3.63, 3.8) is 0 Å². The number of ether oxygens (including phenoxy) is 3. The molecule has 4 aliphatic heterocycles. The maximum absolute atomic E-state index is 13.2. The summed E-state index contributed by atoms with van der Waals surface area (Å²) in [6.45, 7) is 10.1. The summed E-state index contributed by atoms with van der Waals surface area (Å²) in [4.78, 5) is 24.9. The summed E-state index contributed by atoms with van der Waals surface area (Å²) < 4.78 is 17.2. The number of rotatable bonds is 7. The van der Waals surface area contributed by atoms with Gasteiger partial charge in [-0.25, -0.2) is 0 Å². The lowest BCUT2D eigenvalue weighted by atomic mass is 10.0. The Kier molecular flexibility index (Phi) is 6.81. The van der Waals surface area contributed by atoms with Gasteiger partial charge in [-0.05, 0) is 84.5 Å². The lowest BCUT2D eigenvalue weighted by Gasteiger charge is -2.34. The predicted octanol–water partition coefficient (Wildman–Crippen LogP) is 4.78. The minimum absolute atomic E-state index is 0.101. The van der Waals surface area contributed by atoms with Crippen LogP contribution in [0.25, 0.3) is 10.8 Å². The molecule has 40 heavy (non-hydrogen) atoms. The molecule has 8 heteroatoms. The van der Waals surface area contributed by atoms with Gasteiger partial charge in [-0.1, -0.05) is 6.07 Å². The van der Waals surface area contributed by atoms with E-state index in [0.717, 1.165) is 104 Å². The Labute approximate surface area is 235 Å². The highest BCUT2D eigenvalue weighted by Gasteiger charge is 2.31. The molecule has 208 valence electrons. The second-order valence-corrected chi connectivity index (χ2v) is 11.3. The van der Waals surface area contributed by atoms with Crippen LogP contribution >= 0.6 is 0 Å². The van der Waals surface area contributed by atoms with Crippen molar-refractivity contribution in [1.29, 1.82) is 0 Å². The van der Waals surface area contributed by atoms with Crippen LogP contribution in [-0.2, 0) is 6.54 Å². The summed E-state index contributed by atoms with van der Waals surface area (Å²) in [7, 11) is 0. The van der Waals surface area contributed by atoms with Crippen LogP contribution in [0.5, 0.6) is 17.2 Å². The molecular formula is C32H36N4O4. The van der Waals surface area contributed by atoms with E-state index in [9.17, 15) is 4.79 Å². The number of amides is 1. The standard InChI is InChI=1S/C32H36N4O4/c1-22-14-24-16-27-28(33-19-26-4-2-8-36(26)32(27)37)17-25(24)18-30(22)38-13-3-7-34-9-11-35(12-10-34)20-23-5-6-29-31(15-23)40-21-39-29/h5-6,14-19,26H,2-4,7-13,20-21H2,1H3/t26-/m0/s1. The van der Waals surface area contributed by atoms with E-state index < -0.39 is 0 Å². The van der Waals surface area contributed by atoms with Crippen LogP contribution in [0.2, 0.25) is 0 Å². The van der Waals surface area contributed by atoms with E-state index in [1.807, 2.05) is 29.3 Å². The molecule has 1 atom stereocenters. The van der Waals surface area contributed by atoms with Gasteiger partial charge in [0.05, 0.1) is 23.9 Å². The fourth-order valence-corrected chi connectivity index (χ4v) is 6.32. The van der Waals surface area contributed by atoms with Crippen LogP contribution in [-0.4, -0.2) is 85.5 Å². The third kappa shape index (κ3) is 5.02. The summed E-state index contributed by atoms with van der Waals surface area (Å²) in [5.74, 6) is 2.71. The summed E-state index contributed by atoms with van der Waals surface area (Å²) in [5, 5.41) is 2.12. The molecule has 1 amide bonds. The molecule has 2 fully saturated rings. The molecule has 3 aromatic carbocycles. The molecule has 7 rings (SSSR count). The number of nitrogens with zero attached hydrogens (tertiary/aromatic N) is 4. The summed E-state index contributed by atoms with van der Waals surface area (Å²) in [6.07, 6.45) is 4.98. The molecule has 0 radical (unpaired) electrons. The van der Waals surface area contributed by atoms with Crippen LogP contribution < -0.4 is 14.2 Å². The van der Waals surface area contributed by atoms with Crippen LogP contribution in [0, 0.1) is 6.92 Å². The Morgan fingerprint density at radius 1 is 0.950 bits per heavy atom. The minimum Gasteiger partial charge on any atom is -0.493 e. The van der Waals surface area contributed by atoms with Crippen LogP contribution in [0.3, 0.4) is 0 Å². The Bertz CT molecular complexity index is 1460. The molecule has 2 saturated heterocycles. The van der Waals surface area contributed by atoms with Gasteiger partial charge in [0.25, 0.3) is 5.91 Å². The quantitative estimate of drug-likeness (QED) is 0.402. The van der Waals surface area contributed by atoms with Gasteiger partial charge >= 0.3 is 0 Å². The Balaban J connectivity index is 0.917.